The number of nitrogens with zero attached hydrogens (tertiary/aromatic N) is 4. The minimum Gasteiger partial charge on any atom is -0.487 e. The molecule has 5 nitrogen and oxygen atoms in total. The molecule has 2 heterocycles. The van der Waals surface area contributed by atoms with E-state index in [4.69, 9.17) is 4.74 Å². The molecule has 116 valence electrons. The van der Waals surface area contributed by atoms with Crippen molar-refractivity contribution in [3.8, 4) is 5.75 Å². The van der Waals surface area contributed by atoms with Gasteiger partial charge in [0, 0.05) is 12.4 Å². The molecule has 3 aromatic rings. The largest absolute Gasteiger partial charge is 0.487 e. The van der Waals surface area contributed by atoms with Gasteiger partial charge in [-0.2, -0.15) is 0 Å². The van der Waals surface area contributed by atoms with Crippen molar-refractivity contribution in [3.63, 3.8) is 0 Å². The Morgan fingerprint density at radius 3 is 2.70 bits per heavy atom. The van der Waals surface area contributed by atoms with Crippen molar-refractivity contribution < 1.29 is 4.74 Å². The Labute approximate surface area is 134 Å². The van der Waals surface area contributed by atoms with E-state index in [9.17, 15) is 0 Å². The van der Waals surface area contributed by atoms with Crippen LogP contribution in [-0.2, 0) is 13.0 Å². The highest BCUT2D eigenvalue weighted by molar-refractivity contribution is 5.30. The van der Waals surface area contributed by atoms with Gasteiger partial charge in [0.2, 0.25) is 0 Å². The third-order valence-electron chi connectivity index (χ3n) is 3.92. The lowest BCUT2D eigenvalue weighted by atomic mass is 10.1. The summed E-state index contributed by atoms with van der Waals surface area (Å²) in [5.41, 5.74) is 3.32. The van der Waals surface area contributed by atoms with Gasteiger partial charge in [0.15, 0.2) is 0 Å². The van der Waals surface area contributed by atoms with Gasteiger partial charge in [-0.3, -0.25) is 4.98 Å². The van der Waals surface area contributed by atoms with Gasteiger partial charge in [-0.25, -0.2) is 4.68 Å². The van der Waals surface area contributed by atoms with Gasteiger partial charge in [0.05, 0.1) is 12.2 Å². The molecule has 0 atom stereocenters. The molecule has 0 N–H and O–H groups in total. The smallest absolute Gasteiger partial charge is 0.134 e. The Morgan fingerprint density at radius 1 is 1.09 bits per heavy atom. The molecule has 0 spiro atoms. The quantitative estimate of drug-likeness (QED) is 0.702. The summed E-state index contributed by atoms with van der Waals surface area (Å²) in [6.07, 6.45) is 8.97. The Bertz CT molecular complexity index is 763. The molecule has 4 rings (SSSR count). The minimum absolute atomic E-state index is 0.453. The van der Waals surface area contributed by atoms with Crippen molar-refractivity contribution in [3.05, 3.63) is 71.8 Å². The van der Waals surface area contributed by atoms with Crippen LogP contribution in [0.15, 0.2) is 55.0 Å². The molecule has 0 amide bonds. The van der Waals surface area contributed by atoms with Gasteiger partial charge in [0.25, 0.3) is 0 Å². The number of aromatic nitrogens is 4. The maximum atomic E-state index is 5.78. The van der Waals surface area contributed by atoms with Crippen LogP contribution in [0.25, 0.3) is 0 Å². The van der Waals surface area contributed by atoms with Crippen LogP contribution in [0.4, 0.5) is 0 Å². The topological polar surface area (TPSA) is 52.8 Å². The van der Waals surface area contributed by atoms with Crippen LogP contribution in [0.2, 0.25) is 0 Å². The number of pyridine rings is 1. The monoisotopic (exact) mass is 306 g/mol. The SMILES string of the molecule is c1cncc(Cc2ccc(OCc3cn(C4CC4)nn3)cc2)c1. The van der Waals surface area contributed by atoms with Crippen LogP contribution in [0.5, 0.6) is 5.75 Å². The molecule has 1 aliphatic rings. The zero-order valence-electron chi connectivity index (χ0n) is 12.8. The Hall–Kier alpha value is -2.69. The number of ether oxygens (including phenoxy) is 1. The molecule has 1 aliphatic carbocycles. The molecule has 2 aromatic heterocycles. The molecule has 5 heteroatoms. The summed E-state index contributed by atoms with van der Waals surface area (Å²) in [7, 11) is 0. The predicted molar refractivity (Wildman–Crippen MR) is 86.1 cm³/mol. The predicted octanol–water partition coefficient (Wildman–Crippen LogP) is 3.18. The summed E-state index contributed by atoms with van der Waals surface area (Å²) in [6, 6.07) is 12.8. The Morgan fingerprint density at radius 2 is 1.96 bits per heavy atom. The highest BCUT2D eigenvalue weighted by Gasteiger charge is 2.24. The number of rotatable bonds is 6. The first-order valence-corrected chi connectivity index (χ1v) is 7.88. The molecular weight excluding hydrogens is 288 g/mol. The molecule has 1 saturated carbocycles. The maximum Gasteiger partial charge on any atom is 0.134 e. The van der Waals surface area contributed by atoms with E-state index in [2.05, 4.69) is 33.5 Å². The van der Waals surface area contributed by atoms with E-state index >= 15 is 0 Å². The molecule has 0 saturated heterocycles. The summed E-state index contributed by atoms with van der Waals surface area (Å²) in [6.45, 7) is 0.453. The highest BCUT2D eigenvalue weighted by Crippen LogP contribution is 2.33. The van der Waals surface area contributed by atoms with Gasteiger partial charge in [-0.05, 0) is 48.6 Å². The second-order valence-electron chi connectivity index (χ2n) is 5.89. The van der Waals surface area contributed by atoms with Crippen LogP contribution in [0.3, 0.4) is 0 Å². The summed E-state index contributed by atoms with van der Waals surface area (Å²) in [5.74, 6) is 0.848. The lowest BCUT2D eigenvalue weighted by molar-refractivity contribution is 0.301. The molecule has 0 aliphatic heterocycles. The normalized spacial score (nSPS) is 13.9. The third-order valence-corrected chi connectivity index (χ3v) is 3.92. The van der Waals surface area contributed by atoms with Crippen molar-refractivity contribution in [1.29, 1.82) is 0 Å². The van der Waals surface area contributed by atoms with Gasteiger partial charge in [-0.1, -0.05) is 23.4 Å². The summed E-state index contributed by atoms with van der Waals surface area (Å²) < 4.78 is 7.72. The fraction of sp³-hybridized carbons (Fsp3) is 0.278. The molecular formula is C18H18N4O. The van der Waals surface area contributed by atoms with Crippen LogP contribution in [0.1, 0.15) is 35.7 Å². The lowest BCUT2D eigenvalue weighted by Crippen LogP contribution is -1.96. The summed E-state index contributed by atoms with van der Waals surface area (Å²) >= 11 is 0. The zero-order chi connectivity index (χ0) is 15.5. The van der Waals surface area contributed by atoms with Crippen molar-refractivity contribution in [2.75, 3.05) is 0 Å². The van der Waals surface area contributed by atoms with Crippen molar-refractivity contribution in [2.24, 2.45) is 0 Å². The number of benzene rings is 1. The number of hydrogen-bond donors (Lipinski definition) is 0. The Balaban J connectivity index is 1.34. The van der Waals surface area contributed by atoms with Crippen molar-refractivity contribution in [1.82, 2.24) is 20.0 Å². The lowest BCUT2D eigenvalue weighted by Gasteiger charge is -2.06. The molecule has 23 heavy (non-hydrogen) atoms. The first-order valence-electron chi connectivity index (χ1n) is 7.88. The van der Waals surface area contributed by atoms with Crippen LogP contribution in [-0.4, -0.2) is 20.0 Å². The van der Waals surface area contributed by atoms with E-state index in [0.717, 1.165) is 17.9 Å². The second kappa shape index (κ2) is 6.20. The van der Waals surface area contributed by atoms with E-state index in [1.54, 1.807) is 6.20 Å². The number of hydrogen-bond acceptors (Lipinski definition) is 4. The molecule has 0 unspecified atom stereocenters. The maximum absolute atomic E-state index is 5.78. The average Bonchev–Trinajstić information content (AvgIpc) is 3.34. The average molecular weight is 306 g/mol. The fourth-order valence-corrected chi connectivity index (χ4v) is 2.50. The van der Waals surface area contributed by atoms with Gasteiger partial charge < -0.3 is 4.74 Å². The van der Waals surface area contributed by atoms with E-state index < -0.39 is 0 Å². The first-order chi connectivity index (χ1) is 11.4. The van der Waals surface area contributed by atoms with Gasteiger partial charge in [-0.15, -0.1) is 5.10 Å². The van der Waals surface area contributed by atoms with Gasteiger partial charge >= 0.3 is 0 Å². The molecule has 1 aromatic carbocycles. The van der Waals surface area contributed by atoms with E-state index in [1.165, 1.54) is 24.0 Å². The molecule has 1 fully saturated rings. The van der Waals surface area contributed by atoms with Gasteiger partial charge in [0.1, 0.15) is 18.1 Å². The third kappa shape index (κ3) is 3.56. The van der Waals surface area contributed by atoms with Crippen LogP contribution < -0.4 is 4.74 Å². The summed E-state index contributed by atoms with van der Waals surface area (Å²) in [4.78, 5) is 4.14. The minimum atomic E-state index is 0.453. The van der Waals surface area contributed by atoms with E-state index in [0.29, 0.717) is 12.6 Å². The van der Waals surface area contributed by atoms with Crippen LogP contribution >= 0.6 is 0 Å². The highest BCUT2D eigenvalue weighted by atomic mass is 16.5. The second-order valence-corrected chi connectivity index (χ2v) is 5.89. The Kier molecular flexibility index (Phi) is 3.76. The van der Waals surface area contributed by atoms with E-state index in [-0.39, 0.29) is 0 Å². The standard InChI is InChI=1S/C18H18N4O/c1-2-15(11-19-9-1)10-14-3-7-18(8-4-14)23-13-16-12-22(21-20-16)17-5-6-17/h1-4,7-9,11-12,17H,5-6,10,13H2. The zero-order valence-corrected chi connectivity index (χ0v) is 12.8. The van der Waals surface area contributed by atoms with Crippen molar-refractivity contribution in [2.45, 2.75) is 31.9 Å². The molecule has 0 radical (unpaired) electrons. The molecule has 0 bridgehead atoms. The summed E-state index contributed by atoms with van der Waals surface area (Å²) in [5, 5.41) is 8.28. The van der Waals surface area contributed by atoms with Crippen molar-refractivity contribution >= 4 is 0 Å². The first kappa shape index (κ1) is 13.9. The van der Waals surface area contributed by atoms with E-state index in [1.807, 2.05) is 35.3 Å². The van der Waals surface area contributed by atoms with Crippen LogP contribution in [0, 0.1) is 0 Å². The fourth-order valence-electron chi connectivity index (χ4n) is 2.50.